The van der Waals surface area contributed by atoms with E-state index >= 15 is 0 Å². The molecular weight excluding hydrogens is 410 g/mol. The van der Waals surface area contributed by atoms with Gasteiger partial charge in [-0.15, -0.1) is 0 Å². The van der Waals surface area contributed by atoms with Crippen molar-refractivity contribution in [3.05, 3.63) is 76.1 Å². The number of H-pyrrole nitrogens is 1. The zero-order valence-corrected chi connectivity index (χ0v) is 18.3. The van der Waals surface area contributed by atoms with E-state index in [1.54, 1.807) is 28.6 Å². The summed E-state index contributed by atoms with van der Waals surface area (Å²) in [6, 6.07) is 16.6. The molecule has 31 heavy (non-hydrogen) atoms. The largest absolute Gasteiger partial charge is 0.322 e. The molecule has 1 atom stereocenters. The van der Waals surface area contributed by atoms with Crippen LogP contribution >= 0.6 is 0 Å². The van der Waals surface area contributed by atoms with Gasteiger partial charge in [0, 0.05) is 44.3 Å². The van der Waals surface area contributed by atoms with Crippen LogP contribution in [0, 0.1) is 5.92 Å². The SMILES string of the molecule is O=c1ccc2cc(S(=O)(=O)N3CCC[C@H](CN4CCc5ccccc5C4)C3)ccc2[nH]1. The highest BCUT2D eigenvalue weighted by Gasteiger charge is 2.31. The number of rotatable bonds is 4. The third kappa shape index (κ3) is 4.18. The minimum atomic E-state index is -3.56. The second kappa shape index (κ2) is 8.22. The first-order chi connectivity index (χ1) is 15.0. The molecule has 0 spiro atoms. The van der Waals surface area contributed by atoms with Crippen molar-refractivity contribution in [2.24, 2.45) is 5.92 Å². The summed E-state index contributed by atoms with van der Waals surface area (Å²) in [6.07, 6.45) is 3.00. The fourth-order valence-electron chi connectivity index (χ4n) is 4.91. The third-order valence-electron chi connectivity index (χ3n) is 6.54. The van der Waals surface area contributed by atoms with Crippen molar-refractivity contribution < 1.29 is 8.42 Å². The topological polar surface area (TPSA) is 73.5 Å². The Morgan fingerprint density at radius 2 is 1.84 bits per heavy atom. The van der Waals surface area contributed by atoms with Crippen molar-refractivity contribution in [1.82, 2.24) is 14.2 Å². The monoisotopic (exact) mass is 437 g/mol. The molecule has 2 aromatic carbocycles. The molecule has 1 saturated heterocycles. The highest BCUT2D eigenvalue weighted by atomic mass is 32.2. The molecule has 0 saturated carbocycles. The number of nitrogens with one attached hydrogen (secondary N) is 1. The summed E-state index contributed by atoms with van der Waals surface area (Å²) in [6.45, 7) is 4.03. The van der Waals surface area contributed by atoms with Crippen LogP contribution in [0.4, 0.5) is 0 Å². The summed E-state index contributed by atoms with van der Waals surface area (Å²) < 4.78 is 28.3. The number of piperidine rings is 1. The van der Waals surface area contributed by atoms with E-state index in [1.807, 2.05) is 0 Å². The zero-order chi connectivity index (χ0) is 21.4. The molecule has 1 aromatic heterocycles. The standard InChI is InChI=1S/C24H27N3O3S/c28-24-10-7-20-14-22(8-9-23(20)25-24)31(29,30)27-12-3-4-18(16-27)15-26-13-11-19-5-1-2-6-21(19)17-26/h1-2,5-10,14,18H,3-4,11-13,15-17H2,(H,25,28)/t18-/m1/s1. The molecule has 0 amide bonds. The molecule has 2 aliphatic heterocycles. The van der Waals surface area contributed by atoms with Gasteiger partial charge in [-0.05, 0) is 66.0 Å². The summed E-state index contributed by atoms with van der Waals surface area (Å²) in [5, 5.41) is 0.723. The molecule has 0 unspecified atom stereocenters. The van der Waals surface area contributed by atoms with Crippen LogP contribution in [0.3, 0.4) is 0 Å². The summed E-state index contributed by atoms with van der Waals surface area (Å²) >= 11 is 0. The van der Waals surface area contributed by atoms with Crippen LogP contribution < -0.4 is 5.56 Å². The van der Waals surface area contributed by atoms with Gasteiger partial charge in [-0.25, -0.2) is 8.42 Å². The van der Waals surface area contributed by atoms with Gasteiger partial charge in [0.2, 0.25) is 15.6 Å². The van der Waals surface area contributed by atoms with E-state index in [4.69, 9.17) is 0 Å². The Morgan fingerprint density at radius 1 is 1.00 bits per heavy atom. The molecule has 1 fully saturated rings. The van der Waals surface area contributed by atoms with Crippen molar-refractivity contribution in [3.63, 3.8) is 0 Å². The van der Waals surface area contributed by atoms with E-state index in [2.05, 4.69) is 34.1 Å². The van der Waals surface area contributed by atoms with Gasteiger partial charge >= 0.3 is 0 Å². The first-order valence-electron chi connectivity index (χ1n) is 10.9. The van der Waals surface area contributed by atoms with Crippen LogP contribution in [0.15, 0.2) is 64.3 Å². The molecule has 0 aliphatic carbocycles. The minimum Gasteiger partial charge on any atom is -0.322 e. The molecule has 3 aromatic rings. The summed E-state index contributed by atoms with van der Waals surface area (Å²) in [7, 11) is -3.56. The highest BCUT2D eigenvalue weighted by molar-refractivity contribution is 7.89. The Labute approximate surface area is 182 Å². The fraction of sp³-hybridized carbons (Fsp3) is 0.375. The van der Waals surface area contributed by atoms with Gasteiger partial charge in [0.25, 0.3) is 0 Å². The van der Waals surface area contributed by atoms with Gasteiger partial charge in [0.15, 0.2) is 0 Å². The Bertz CT molecular complexity index is 1270. The number of aromatic amines is 1. The lowest BCUT2D eigenvalue weighted by atomic mass is 9.95. The molecule has 7 heteroatoms. The van der Waals surface area contributed by atoms with E-state index in [0.29, 0.717) is 29.4 Å². The number of aromatic nitrogens is 1. The van der Waals surface area contributed by atoms with Gasteiger partial charge in [-0.1, -0.05) is 24.3 Å². The first kappa shape index (κ1) is 20.4. The maximum absolute atomic E-state index is 13.3. The summed E-state index contributed by atoms with van der Waals surface area (Å²) in [5.74, 6) is 0.339. The molecule has 3 heterocycles. The number of hydrogen-bond donors (Lipinski definition) is 1. The number of sulfonamides is 1. The average molecular weight is 438 g/mol. The molecule has 2 aliphatic rings. The lowest BCUT2D eigenvalue weighted by Crippen LogP contribution is -2.44. The predicted octanol–water partition coefficient (Wildman–Crippen LogP) is 2.99. The summed E-state index contributed by atoms with van der Waals surface area (Å²) in [5.41, 5.74) is 3.28. The van der Waals surface area contributed by atoms with Crippen LogP contribution in [0.5, 0.6) is 0 Å². The number of hydrogen-bond acceptors (Lipinski definition) is 4. The minimum absolute atomic E-state index is 0.192. The number of fused-ring (bicyclic) bond motifs is 2. The van der Waals surface area contributed by atoms with Crippen molar-refractivity contribution in [3.8, 4) is 0 Å². The highest BCUT2D eigenvalue weighted by Crippen LogP contribution is 2.27. The van der Waals surface area contributed by atoms with Crippen molar-refractivity contribution in [2.75, 3.05) is 26.2 Å². The molecule has 6 nitrogen and oxygen atoms in total. The Morgan fingerprint density at radius 3 is 2.71 bits per heavy atom. The Hall–Kier alpha value is -2.48. The Kier molecular flexibility index (Phi) is 5.42. The third-order valence-corrected chi connectivity index (χ3v) is 8.40. The van der Waals surface area contributed by atoms with E-state index in [9.17, 15) is 13.2 Å². The van der Waals surface area contributed by atoms with Crippen molar-refractivity contribution >= 4 is 20.9 Å². The quantitative estimate of drug-likeness (QED) is 0.681. The van der Waals surface area contributed by atoms with Crippen molar-refractivity contribution in [2.45, 2.75) is 30.7 Å². The average Bonchev–Trinajstić information content (AvgIpc) is 2.79. The van der Waals surface area contributed by atoms with E-state index in [1.165, 1.54) is 17.2 Å². The molecule has 0 radical (unpaired) electrons. The van der Waals surface area contributed by atoms with Gasteiger partial charge < -0.3 is 4.98 Å². The van der Waals surface area contributed by atoms with Crippen LogP contribution in [0.25, 0.3) is 10.9 Å². The van der Waals surface area contributed by atoms with Crippen LogP contribution in [-0.2, 0) is 23.0 Å². The van der Waals surface area contributed by atoms with E-state index in [-0.39, 0.29) is 5.56 Å². The van der Waals surface area contributed by atoms with E-state index in [0.717, 1.165) is 44.3 Å². The van der Waals surface area contributed by atoms with Crippen LogP contribution in [0.1, 0.15) is 24.0 Å². The fourth-order valence-corrected chi connectivity index (χ4v) is 6.50. The summed E-state index contributed by atoms with van der Waals surface area (Å²) in [4.78, 5) is 17.0. The van der Waals surface area contributed by atoms with Gasteiger partial charge in [-0.2, -0.15) is 4.31 Å². The van der Waals surface area contributed by atoms with Crippen LogP contribution in [0.2, 0.25) is 0 Å². The number of pyridine rings is 1. The molecule has 1 N–H and O–H groups in total. The second-order valence-corrected chi connectivity index (χ2v) is 10.6. The normalized spacial score (nSPS) is 20.6. The molecular formula is C24H27N3O3S. The zero-order valence-electron chi connectivity index (χ0n) is 17.5. The smallest absolute Gasteiger partial charge is 0.248 e. The van der Waals surface area contributed by atoms with Gasteiger partial charge in [0.05, 0.1) is 4.90 Å². The first-order valence-corrected chi connectivity index (χ1v) is 12.4. The second-order valence-electron chi connectivity index (χ2n) is 8.70. The number of benzene rings is 2. The van der Waals surface area contributed by atoms with Gasteiger partial charge in [0.1, 0.15) is 0 Å². The van der Waals surface area contributed by atoms with Crippen LogP contribution in [-0.4, -0.2) is 48.8 Å². The predicted molar refractivity (Wildman–Crippen MR) is 121 cm³/mol. The molecule has 162 valence electrons. The lowest BCUT2D eigenvalue weighted by Gasteiger charge is -2.36. The molecule has 0 bridgehead atoms. The maximum atomic E-state index is 13.3. The van der Waals surface area contributed by atoms with E-state index < -0.39 is 10.0 Å². The molecule has 5 rings (SSSR count). The van der Waals surface area contributed by atoms with Crippen molar-refractivity contribution in [1.29, 1.82) is 0 Å². The van der Waals surface area contributed by atoms with Gasteiger partial charge in [-0.3, -0.25) is 9.69 Å². The number of nitrogens with zero attached hydrogens (tertiary/aromatic N) is 2. The lowest BCUT2D eigenvalue weighted by molar-refractivity contribution is 0.167. The Balaban J connectivity index is 1.30. The maximum Gasteiger partial charge on any atom is 0.248 e.